The molecular formula is C18H29ClN2O3. The molecule has 24 heavy (non-hydrogen) atoms. The van der Waals surface area contributed by atoms with E-state index in [1.807, 2.05) is 24.3 Å². The van der Waals surface area contributed by atoms with Crippen molar-refractivity contribution in [3.8, 4) is 11.5 Å². The first-order valence-electron chi connectivity index (χ1n) is 8.58. The molecule has 2 rings (SSSR count). The zero-order valence-corrected chi connectivity index (χ0v) is 15.1. The van der Waals surface area contributed by atoms with Crippen LogP contribution in [0.25, 0.3) is 0 Å². The number of ether oxygens (including phenoxy) is 2. The number of nitrogens with two attached hydrogens (primary N) is 1. The molecule has 0 heterocycles. The van der Waals surface area contributed by atoms with Gasteiger partial charge < -0.3 is 20.5 Å². The van der Waals surface area contributed by atoms with E-state index in [0.29, 0.717) is 24.8 Å². The second-order valence-electron chi connectivity index (χ2n) is 6.06. The highest BCUT2D eigenvalue weighted by Crippen LogP contribution is 2.23. The first-order chi connectivity index (χ1) is 11.2. The van der Waals surface area contributed by atoms with Crippen molar-refractivity contribution in [2.24, 2.45) is 11.7 Å². The Labute approximate surface area is 150 Å². The number of hydrogen-bond donors (Lipinski definition) is 2. The lowest BCUT2D eigenvalue weighted by Gasteiger charge is -2.31. The minimum atomic E-state index is -0.0818. The second-order valence-corrected chi connectivity index (χ2v) is 6.06. The Balaban J connectivity index is 0.00000288. The fraction of sp³-hybridized carbons (Fsp3) is 0.611. The SMILES string of the molecule is CCCOc1ccc(OCC(=O)NC2CCCCC2CN)cc1.Cl. The zero-order chi connectivity index (χ0) is 16.5. The van der Waals surface area contributed by atoms with Crippen LogP contribution in [-0.2, 0) is 4.79 Å². The van der Waals surface area contributed by atoms with Gasteiger partial charge in [0.15, 0.2) is 6.61 Å². The highest BCUT2D eigenvalue weighted by Gasteiger charge is 2.25. The van der Waals surface area contributed by atoms with Crippen molar-refractivity contribution in [1.29, 1.82) is 0 Å². The molecule has 1 amide bonds. The van der Waals surface area contributed by atoms with Crippen LogP contribution < -0.4 is 20.5 Å². The summed E-state index contributed by atoms with van der Waals surface area (Å²) < 4.78 is 11.1. The average molecular weight is 357 g/mol. The summed E-state index contributed by atoms with van der Waals surface area (Å²) in [6, 6.07) is 7.54. The van der Waals surface area contributed by atoms with Gasteiger partial charge in [-0.25, -0.2) is 0 Å². The number of halogens is 1. The van der Waals surface area contributed by atoms with Crippen LogP contribution in [0.2, 0.25) is 0 Å². The Bertz CT molecular complexity index is 482. The second kappa shape index (κ2) is 11.2. The van der Waals surface area contributed by atoms with Gasteiger partial charge in [-0.05, 0) is 56.0 Å². The van der Waals surface area contributed by atoms with Gasteiger partial charge in [0.25, 0.3) is 5.91 Å². The van der Waals surface area contributed by atoms with Crippen molar-refractivity contribution in [2.75, 3.05) is 19.8 Å². The molecule has 1 aliphatic carbocycles. The van der Waals surface area contributed by atoms with E-state index in [9.17, 15) is 4.79 Å². The molecule has 0 bridgehead atoms. The number of carbonyl (C=O) groups excluding carboxylic acids is 1. The summed E-state index contributed by atoms with van der Waals surface area (Å²) >= 11 is 0. The van der Waals surface area contributed by atoms with Crippen molar-refractivity contribution >= 4 is 18.3 Å². The molecule has 0 saturated heterocycles. The molecule has 5 nitrogen and oxygen atoms in total. The molecule has 2 unspecified atom stereocenters. The first-order valence-corrected chi connectivity index (χ1v) is 8.58. The fourth-order valence-corrected chi connectivity index (χ4v) is 2.93. The van der Waals surface area contributed by atoms with Gasteiger partial charge in [0.2, 0.25) is 0 Å². The Morgan fingerprint density at radius 2 is 1.79 bits per heavy atom. The average Bonchev–Trinajstić information content (AvgIpc) is 2.59. The fourth-order valence-electron chi connectivity index (χ4n) is 2.93. The van der Waals surface area contributed by atoms with E-state index in [0.717, 1.165) is 31.4 Å². The molecule has 3 N–H and O–H groups in total. The highest BCUT2D eigenvalue weighted by atomic mass is 35.5. The van der Waals surface area contributed by atoms with E-state index in [-0.39, 0.29) is 31.0 Å². The van der Waals surface area contributed by atoms with Gasteiger partial charge in [0.05, 0.1) is 6.61 Å². The molecule has 1 fully saturated rings. The summed E-state index contributed by atoms with van der Waals surface area (Å²) in [5.41, 5.74) is 5.79. The van der Waals surface area contributed by atoms with Crippen molar-refractivity contribution in [3.05, 3.63) is 24.3 Å². The third-order valence-electron chi connectivity index (χ3n) is 4.22. The smallest absolute Gasteiger partial charge is 0.258 e. The predicted molar refractivity (Wildman–Crippen MR) is 97.9 cm³/mol. The Morgan fingerprint density at radius 3 is 2.42 bits per heavy atom. The van der Waals surface area contributed by atoms with Crippen molar-refractivity contribution in [3.63, 3.8) is 0 Å². The summed E-state index contributed by atoms with van der Waals surface area (Å²) in [7, 11) is 0. The van der Waals surface area contributed by atoms with Crippen LogP contribution in [0, 0.1) is 5.92 Å². The molecule has 1 aliphatic rings. The third kappa shape index (κ3) is 6.57. The number of amides is 1. The van der Waals surface area contributed by atoms with Gasteiger partial charge in [-0.2, -0.15) is 0 Å². The molecule has 1 aromatic rings. The Kier molecular flexibility index (Phi) is 9.57. The van der Waals surface area contributed by atoms with Crippen LogP contribution in [0.5, 0.6) is 11.5 Å². The summed E-state index contributed by atoms with van der Waals surface area (Å²) in [5, 5.41) is 3.06. The van der Waals surface area contributed by atoms with E-state index in [2.05, 4.69) is 12.2 Å². The molecule has 6 heteroatoms. The molecule has 0 aliphatic heterocycles. The van der Waals surface area contributed by atoms with Crippen molar-refractivity contribution < 1.29 is 14.3 Å². The minimum absolute atomic E-state index is 0. The molecule has 1 aromatic carbocycles. The van der Waals surface area contributed by atoms with Gasteiger partial charge in [0, 0.05) is 6.04 Å². The van der Waals surface area contributed by atoms with Gasteiger partial charge in [-0.1, -0.05) is 19.8 Å². The first kappa shape index (κ1) is 20.6. The lowest BCUT2D eigenvalue weighted by Crippen LogP contribution is -2.46. The van der Waals surface area contributed by atoms with E-state index in [4.69, 9.17) is 15.2 Å². The molecule has 0 radical (unpaired) electrons. The Morgan fingerprint density at radius 1 is 1.17 bits per heavy atom. The molecular weight excluding hydrogens is 328 g/mol. The van der Waals surface area contributed by atoms with Gasteiger partial charge in [-0.3, -0.25) is 4.79 Å². The number of carbonyl (C=O) groups is 1. The van der Waals surface area contributed by atoms with E-state index in [1.165, 1.54) is 6.42 Å². The topological polar surface area (TPSA) is 73.6 Å². The summed E-state index contributed by atoms with van der Waals surface area (Å²) in [6.45, 7) is 3.43. The maximum absolute atomic E-state index is 12.1. The van der Waals surface area contributed by atoms with Crippen LogP contribution >= 0.6 is 12.4 Å². The maximum atomic E-state index is 12.1. The minimum Gasteiger partial charge on any atom is -0.494 e. The van der Waals surface area contributed by atoms with Gasteiger partial charge in [0.1, 0.15) is 11.5 Å². The van der Waals surface area contributed by atoms with Crippen LogP contribution in [0.4, 0.5) is 0 Å². The Hall–Kier alpha value is -1.46. The predicted octanol–water partition coefficient (Wildman–Crippen LogP) is 2.91. The molecule has 0 aromatic heterocycles. The lowest BCUT2D eigenvalue weighted by atomic mass is 9.84. The van der Waals surface area contributed by atoms with E-state index < -0.39 is 0 Å². The molecule has 0 spiro atoms. The number of hydrogen-bond acceptors (Lipinski definition) is 4. The monoisotopic (exact) mass is 356 g/mol. The molecule has 1 saturated carbocycles. The van der Waals surface area contributed by atoms with Crippen LogP contribution in [0.15, 0.2) is 24.3 Å². The number of benzene rings is 1. The number of rotatable bonds is 8. The van der Waals surface area contributed by atoms with E-state index in [1.54, 1.807) is 0 Å². The van der Waals surface area contributed by atoms with Crippen molar-refractivity contribution in [1.82, 2.24) is 5.32 Å². The lowest BCUT2D eigenvalue weighted by molar-refractivity contribution is -0.124. The number of nitrogens with one attached hydrogen (secondary N) is 1. The quantitative estimate of drug-likeness (QED) is 0.751. The summed E-state index contributed by atoms with van der Waals surface area (Å²) in [4.78, 5) is 12.1. The maximum Gasteiger partial charge on any atom is 0.258 e. The standard InChI is InChI=1S/C18H28N2O3.ClH/c1-2-11-22-15-7-9-16(10-8-15)23-13-18(21)20-17-6-4-3-5-14(17)12-19;/h7-10,14,17H,2-6,11-13,19H2,1H3,(H,20,21);1H. The zero-order valence-electron chi connectivity index (χ0n) is 14.3. The highest BCUT2D eigenvalue weighted by molar-refractivity contribution is 5.85. The molecule has 2 atom stereocenters. The van der Waals surface area contributed by atoms with Crippen LogP contribution in [0.1, 0.15) is 39.0 Å². The van der Waals surface area contributed by atoms with Gasteiger partial charge >= 0.3 is 0 Å². The third-order valence-corrected chi connectivity index (χ3v) is 4.22. The van der Waals surface area contributed by atoms with Gasteiger partial charge in [-0.15, -0.1) is 12.4 Å². The van der Waals surface area contributed by atoms with Crippen LogP contribution in [-0.4, -0.2) is 31.7 Å². The summed E-state index contributed by atoms with van der Waals surface area (Å²) in [6.07, 6.45) is 5.45. The van der Waals surface area contributed by atoms with E-state index >= 15 is 0 Å². The summed E-state index contributed by atoms with van der Waals surface area (Å²) in [5.74, 6) is 1.80. The van der Waals surface area contributed by atoms with Crippen LogP contribution in [0.3, 0.4) is 0 Å². The van der Waals surface area contributed by atoms with Crippen molar-refractivity contribution in [2.45, 2.75) is 45.1 Å². The largest absolute Gasteiger partial charge is 0.494 e. The molecule has 136 valence electrons. The normalized spacial score (nSPS) is 19.9.